The maximum atomic E-state index is 9.73. The van der Waals surface area contributed by atoms with Crippen LogP contribution in [0.5, 0.6) is 5.75 Å². The smallest absolute Gasteiger partial charge is 0.124 e. The molecule has 0 heterocycles. The van der Waals surface area contributed by atoms with Crippen LogP contribution >= 0.6 is 11.8 Å². The molecule has 1 rings (SSSR count). The monoisotopic (exact) mass is 198 g/mol. The standard InChI is InChI=1S/C10H14O2S/c1-12-10-6-4-3-5-8(10)9(11)7-13-2/h3-6,9,11H,7H2,1-2H3. The zero-order chi connectivity index (χ0) is 9.68. The van der Waals surface area contributed by atoms with E-state index in [-0.39, 0.29) is 0 Å². The van der Waals surface area contributed by atoms with Crippen molar-refractivity contribution in [1.29, 1.82) is 0 Å². The number of aliphatic hydroxyl groups excluding tert-OH is 1. The fourth-order valence-electron chi connectivity index (χ4n) is 1.19. The maximum Gasteiger partial charge on any atom is 0.124 e. The summed E-state index contributed by atoms with van der Waals surface area (Å²) in [5.74, 6) is 1.45. The Bertz CT molecular complexity index is 263. The van der Waals surface area contributed by atoms with Gasteiger partial charge in [-0.15, -0.1) is 0 Å². The third-order valence-electron chi connectivity index (χ3n) is 1.82. The number of hydrogen-bond acceptors (Lipinski definition) is 3. The van der Waals surface area contributed by atoms with E-state index < -0.39 is 6.10 Å². The Morgan fingerprint density at radius 1 is 1.46 bits per heavy atom. The first-order valence-corrected chi connectivity index (χ1v) is 5.49. The molecule has 0 amide bonds. The fraction of sp³-hybridized carbons (Fsp3) is 0.400. The summed E-state index contributed by atoms with van der Waals surface area (Å²) in [4.78, 5) is 0. The predicted molar refractivity (Wildman–Crippen MR) is 56.3 cm³/mol. The van der Waals surface area contributed by atoms with Crippen LogP contribution < -0.4 is 4.74 Å². The Kier molecular flexibility index (Phi) is 4.12. The topological polar surface area (TPSA) is 29.5 Å². The molecule has 0 spiro atoms. The summed E-state index contributed by atoms with van der Waals surface area (Å²) < 4.78 is 5.14. The zero-order valence-corrected chi connectivity index (χ0v) is 8.67. The Hall–Kier alpha value is -0.670. The average molecular weight is 198 g/mol. The molecule has 0 saturated carbocycles. The van der Waals surface area contributed by atoms with Gasteiger partial charge in [0.25, 0.3) is 0 Å². The fourth-order valence-corrected chi connectivity index (χ4v) is 1.68. The molecular formula is C10H14O2S. The van der Waals surface area contributed by atoms with E-state index in [1.165, 1.54) is 0 Å². The molecule has 0 fully saturated rings. The predicted octanol–water partition coefficient (Wildman–Crippen LogP) is 2.09. The van der Waals surface area contributed by atoms with E-state index in [1.54, 1.807) is 18.9 Å². The maximum absolute atomic E-state index is 9.73. The van der Waals surface area contributed by atoms with Crippen LogP contribution in [-0.2, 0) is 0 Å². The van der Waals surface area contributed by atoms with Gasteiger partial charge in [-0.3, -0.25) is 0 Å². The van der Waals surface area contributed by atoms with Crippen LogP contribution in [0.1, 0.15) is 11.7 Å². The molecule has 0 bridgehead atoms. The first-order chi connectivity index (χ1) is 6.29. The molecule has 0 radical (unpaired) electrons. The molecule has 0 saturated heterocycles. The van der Waals surface area contributed by atoms with Crippen LogP contribution in [0.25, 0.3) is 0 Å². The van der Waals surface area contributed by atoms with Gasteiger partial charge in [0.05, 0.1) is 13.2 Å². The summed E-state index contributed by atoms with van der Waals surface area (Å²) in [6, 6.07) is 7.55. The molecule has 1 N–H and O–H groups in total. The number of methoxy groups -OCH3 is 1. The van der Waals surface area contributed by atoms with Gasteiger partial charge in [-0.25, -0.2) is 0 Å². The Balaban J connectivity index is 2.85. The minimum absolute atomic E-state index is 0.439. The van der Waals surface area contributed by atoms with Crippen molar-refractivity contribution >= 4 is 11.8 Å². The van der Waals surface area contributed by atoms with E-state index in [4.69, 9.17) is 4.74 Å². The second-order valence-corrected chi connectivity index (χ2v) is 3.62. The summed E-state index contributed by atoms with van der Waals surface area (Å²) in [6.45, 7) is 0. The van der Waals surface area contributed by atoms with Crippen molar-refractivity contribution in [2.45, 2.75) is 6.10 Å². The number of rotatable bonds is 4. The Labute approximate surface area is 82.9 Å². The summed E-state index contributed by atoms with van der Waals surface area (Å²) in [5, 5.41) is 9.73. The van der Waals surface area contributed by atoms with Crippen LogP contribution in [0.3, 0.4) is 0 Å². The second kappa shape index (κ2) is 5.14. The van der Waals surface area contributed by atoms with Crippen molar-refractivity contribution in [3.05, 3.63) is 29.8 Å². The molecule has 0 aliphatic rings. The first-order valence-electron chi connectivity index (χ1n) is 4.09. The summed E-state index contributed by atoms with van der Waals surface area (Å²) >= 11 is 1.62. The van der Waals surface area contributed by atoms with E-state index in [0.29, 0.717) is 5.75 Å². The third-order valence-corrected chi connectivity index (χ3v) is 2.47. The van der Waals surface area contributed by atoms with E-state index >= 15 is 0 Å². The molecule has 0 aliphatic carbocycles. The molecular weight excluding hydrogens is 184 g/mol. The van der Waals surface area contributed by atoms with Gasteiger partial charge < -0.3 is 9.84 Å². The summed E-state index contributed by atoms with van der Waals surface area (Å²) in [6.07, 6.45) is 1.53. The quantitative estimate of drug-likeness (QED) is 0.803. The van der Waals surface area contributed by atoms with Crippen LogP contribution in [0, 0.1) is 0 Å². The van der Waals surface area contributed by atoms with Crippen molar-refractivity contribution in [2.75, 3.05) is 19.1 Å². The highest BCUT2D eigenvalue weighted by molar-refractivity contribution is 7.98. The number of ether oxygens (including phenoxy) is 1. The SMILES string of the molecule is COc1ccccc1C(O)CSC. The molecule has 3 heteroatoms. The van der Waals surface area contributed by atoms with Gasteiger partial charge in [-0.1, -0.05) is 18.2 Å². The van der Waals surface area contributed by atoms with Crippen LogP contribution in [0.2, 0.25) is 0 Å². The van der Waals surface area contributed by atoms with Gasteiger partial charge in [0.15, 0.2) is 0 Å². The molecule has 13 heavy (non-hydrogen) atoms. The number of para-hydroxylation sites is 1. The van der Waals surface area contributed by atoms with Crippen LogP contribution in [-0.4, -0.2) is 24.2 Å². The third kappa shape index (κ3) is 2.64. The van der Waals surface area contributed by atoms with E-state index in [1.807, 2.05) is 30.5 Å². The van der Waals surface area contributed by atoms with Gasteiger partial charge in [0, 0.05) is 11.3 Å². The highest BCUT2D eigenvalue weighted by Gasteiger charge is 2.10. The highest BCUT2D eigenvalue weighted by atomic mass is 32.2. The van der Waals surface area contributed by atoms with Gasteiger partial charge in [0.1, 0.15) is 5.75 Å². The lowest BCUT2D eigenvalue weighted by atomic mass is 10.1. The number of aliphatic hydroxyl groups is 1. The average Bonchev–Trinajstić information content (AvgIpc) is 2.18. The summed E-state index contributed by atoms with van der Waals surface area (Å²) in [7, 11) is 1.62. The first kappa shape index (κ1) is 10.4. The minimum Gasteiger partial charge on any atom is -0.496 e. The molecule has 72 valence electrons. The highest BCUT2D eigenvalue weighted by Crippen LogP contribution is 2.26. The van der Waals surface area contributed by atoms with Gasteiger partial charge in [-0.05, 0) is 12.3 Å². The Morgan fingerprint density at radius 2 is 2.15 bits per heavy atom. The molecule has 1 aromatic rings. The normalized spacial score (nSPS) is 12.5. The van der Waals surface area contributed by atoms with Gasteiger partial charge >= 0.3 is 0 Å². The second-order valence-electron chi connectivity index (χ2n) is 2.71. The molecule has 1 atom stereocenters. The number of hydrogen-bond donors (Lipinski definition) is 1. The zero-order valence-electron chi connectivity index (χ0n) is 7.86. The largest absolute Gasteiger partial charge is 0.496 e. The lowest BCUT2D eigenvalue weighted by Gasteiger charge is -2.12. The lowest BCUT2D eigenvalue weighted by molar-refractivity contribution is 0.199. The molecule has 2 nitrogen and oxygen atoms in total. The van der Waals surface area contributed by atoms with Crippen molar-refractivity contribution in [3.63, 3.8) is 0 Å². The van der Waals surface area contributed by atoms with Crippen LogP contribution in [0.15, 0.2) is 24.3 Å². The molecule has 0 aromatic heterocycles. The molecule has 1 unspecified atom stereocenters. The van der Waals surface area contributed by atoms with Gasteiger partial charge in [0.2, 0.25) is 0 Å². The van der Waals surface area contributed by atoms with Crippen LogP contribution in [0.4, 0.5) is 0 Å². The summed E-state index contributed by atoms with van der Waals surface area (Å²) in [5.41, 5.74) is 0.861. The lowest BCUT2D eigenvalue weighted by Crippen LogP contribution is -2.02. The van der Waals surface area contributed by atoms with E-state index in [9.17, 15) is 5.11 Å². The van der Waals surface area contributed by atoms with Crippen molar-refractivity contribution < 1.29 is 9.84 Å². The number of thioether (sulfide) groups is 1. The van der Waals surface area contributed by atoms with E-state index in [0.717, 1.165) is 11.3 Å². The Morgan fingerprint density at radius 3 is 2.77 bits per heavy atom. The minimum atomic E-state index is -0.439. The van der Waals surface area contributed by atoms with Gasteiger partial charge in [-0.2, -0.15) is 11.8 Å². The van der Waals surface area contributed by atoms with Crippen molar-refractivity contribution in [3.8, 4) is 5.75 Å². The van der Waals surface area contributed by atoms with Crippen molar-refractivity contribution in [1.82, 2.24) is 0 Å². The molecule has 1 aromatic carbocycles. The number of benzene rings is 1. The van der Waals surface area contributed by atoms with Crippen molar-refractivity contribution in [2.24, 2.45) is 0 Å². The molecule has 0 aliphatic heterocycles. The van der Waals surface area contributed by atoms with E-state index in [2.05, 4.69) is 0 Å².